The van der Waals surface area contributed by atoms with Gasteiger partial charge in [0.25, 0.3) is 0 Å². The summed E-state index contributed by atoms with van der Waals surface area (Å²) in [5, 5.41) is 11.8. The van der Waals surface area contributed by atoms with Crippen LogP contribution in [-0.2, 0) is 0 Å². The van der Waals surface area contributed by atoms with Gasteiger partial charge in [-0.3, -0.25) is 5.41 Å². The number of unbranched alkanes of at least 4 members (excludes halogenated alkanes) is 2. The molecule has 2 rings (SSSR count). The summed E-state index contributed by atoms with van der Waals surface area (Å²) in [4.78, 5) is 2.48. The molecule has 0 spiro atoms. The van der Waals surface area contributed by atoms with Gasteiger partial charge < -0.3 is 10.2 Å². The first-order chi connectivity index (χ1) is 13.1. The quantitative estimate of drug-likeness (QED) is 0.348. The van der Waals surface area contributed by atoms with E-state index in [0.717, 1.165) is 24.3 Å². The Morgan fingerprint density at radius 2 is 1.56 bits per heavy atom. The Labute approximate surface area is 168 Å². The molecule has 0 saturated carbocycles. The van der Waals surface area contributed by atoms with Crippen LogP contribution in [0.1, 0.15) is 45.1 Å². The molecule has 0 aromatic heterocycles. The molecule has 2 aromatic carbocycles. The summed E-state index contributed by atoms with van der Waals surface area (Å²) in [5.74, 6) is 0.342. The van der Waals surface area contributed by atoms with Crippen LogP contribution in [0, 0.1) is 5.41 Å². The van der Waals surface area contributed by atoms with E-state index in [1.807, 2.05) is 30.3 Å². The molecule has 144 valence electrons. The summed E-state index contributed by atoms with van der Waals surface area (Å²) in [6.45, 7) is 6.69. The van der Waals surface area contributed by atoms with E-state index in [9.17, 15) is 0 Å². The van der Waals surface area contributed by atoms with Crippen molar-refractivity contribution < 1.29 is 0 Å². The molecule has 0 atom stereocenters. The van der Waals surface area contributed by atoms with Crippen LogP contribution in [0.15, 0.2) is 54.6 Å². The van der Waals surface area contributed by atoms with E-state index >= 15 is 0 Å². The minimum Gasteiger partial charge on any atom is -0.372 e. The van der Waals surface area contributed by atoms with Crippen LogP contribution in [-0.4, -0.2) is 18.9 Å². The van der Waals surface area contributed by atoms with Crippen molar-refractivity contribution in [1.29, 1.82) is 5.41 Å². The van der Waals surface area contributed by atoms with Gasteiger partial charge in [0.2, 0.25) is 0 Å². The number of benzene rings is 2. The van der Waals surface area contributed by atoms with E-state index in [0.29, 0.717) is 10.9 Å². The summed E-state index contributed by atoms with van der Waals surface area (Å²) in [5.41, 5.74) is 3.22. The second-order valence-corrected chi connectivity index (χ2v) is 7.10. The first kappa shape index (κ1) is 21.0. The summed E-state index contributed by atoms with van der Waals surface area (Å²) in [6.07, 6.45) is 8.60. The molecule has 3 nitrogen and oxygen atoms in total. The van der Waals surface area contributed by atoms with Crippen molar-refractivity contribution in [3.05, 3.63) is 65.2 Å². The number of anilines is 2. The zero-order valence-electron chi connectivity index (χ0n) is 16.3. The number of nitrogens with zero attached hydrogens (tertiary/aromatic N) is 1. The highest BCUT2D eigenvalue weighted by atomic mass is 35.5. The Morgan fingerprint density at radius 1 is 0.963 bits per heavy atom. The van der Waals surface area contributed by atoms with Gasteiger partial charge in [0, 0.05) is 29.5 Å². The van der Waals surface area contributed by atoms with E-state index in [1.165, 1.54) is 31.4 Å². The van der Waals surface area contributed by atoms with Crippen LogP contribution in [0.3, 0.4) is 0 Å². The molecule has 0 aliphatic rings. The van der Waals surface area contributed by atoms with Crippen molar-refractivity contribution in [3.8, 4) is 0 Å². The first-order valence-electron chi connectivity index (χ1n) is 9.76. The largest absolute Gasteiger partial charge is 0.372 e. The van der Waals surface area contributed by atoms with Crippen LogP contribution in [0.4, 0.5) is 11.4 Å². The van der Waals surface area contributed by atoms with E-state index in [1.54, 1.807) is 6.08 Å². The smallest absolute Gasteiger partial charge is 0.122 e. The monoisotopic (exact) mass is 383 g/mol. The maximum atomic E-state index is 8.05. The van der Waals surface area contributed by atoms with Gasteiger partial charge >= 0.3 is 0 Å². The number of hydrogen-bond acceptors (Lipinski definition) is 2. The van der Waals surface area contributed by atoms with Crippen LogP contribution >= 0.6 is 11.6 Å². The molecule has 0 fully saturated rings. The summed E-state index contributed by atoms with van der Waals surface area (Å²) < 4.78 is 0. The van der Waals surface area contributed by atoms with Crippen molar-refractivity contribution in [2.45, 2.75) is 39.5 Å². The Kier molecular flexibility index (Phi) is 8.93. The Hall–Kier alpha value is -2.26. The number of amidine groups is 1. The zero-order valence-corrected chi connectivity index (χ0v) is 17.1. The van der Waals surface area contributed by atoms with Gasteiger partial charge in [-0.2, -0.15) is 0 Å². The fourth-order valence-corrected chi connectivity index (χ4v) is 2.90. The maximum absolute atomic E-state index is 8.05. The van der Waals surface area contributed by atoms with Gasteiger partial charge in [0.05, 0.1) is 0 Å². The highest BCUT2D eigenvalue weighted by molar-refractivity contribution is 6.30. The van der Waals surface area contributed by atoms with Crippen molar-refractivity contribution in [2.75, 3.05) is 23.3 Å². The van der Waals surface area contributed by atoms with Gasteiger partial charge in [-0.1, -0.05) is 56.5 Å². The lowest BCUT2D eigenvalue weighted by Gasteiger charge is -2.24. The second-order valence-electron chi connectivity index (χ2n) is 6.66. The topological polar surface area (TPSA) is 39.1 Å². The summed E-state index contributed by atoms with van der Waals surface area (Å²) in [6, 6.07) is 15.9. The molecule has 0 aliphatic carbocycles. The molecule has 0 radical (unpaired) electrons. The number of rotatable bonds is 10. The van der Waals surface area contributed by atoms with E-state index in [4.69, 9.17) is 17.0 Å². The van der Waals surface area contributed by atoms with Crippen LogP contribution < -0.4 is 10.2 Å². The molecule has 2 N–H and O–H groups in total. The van der Waals surface area contributed by atoms with Crippen molar-refractivity contribution in [3.63, 3.8) is 0 Å². The van der Waals surface area contributed by atoms with Gasteiger partial charge in [0.1, 0.15) is 5.84 Å². The number of nitrogens with one attached hydrogen (secondary N) is 2. The van der Waals surface area contributed by atoms with Crippen molar-refractivity contribution in [2.24, 2.45) is 0 Å². The summed E-state index contributed by atoms with van der Waals surface area (Å²) in [7, 11) is 0. The molecule has 0 amide bonds. The normalized spacial score (nSPS) is 10.9. The average Bonchev–Trinajstić information content (AvgIpc) is 2.69. The van der Waals surface area contributed by atoms with Crippen LogP contribution in [0.25, 0.3) is 6.08 Å². The first-order valence-corrected chi connectivity index (χ1v) is 10.1. The molecule has 0 saturated heterocycles. The standard InChI is InChI=1S/C23H30ClN3/c1-3-5-17-27(18-6-4-2)22-14-7-19(8-15-22)9-16-23(25)26-21-12-10-20(24)11-13-21/h7-16H,3-6,17-18H2,1-2H3,(H2,25,26)/b16-9+. The SMILES string of the molecule is CCCCN(CCCC)c1ccc(/C=C/C(=N)Nc2ccc(Cl)cc2)cc1. The average molecular weight is 384 g/mol. The maximum Gasteiger partial charge on any atom is 0.122 e. The lowest BCUT2D eigenvalue weighted by atomic mass is 10.1. The molecule has 0 bridgehead atoms. The highest BCUT2D eigenvalue weighted by Gasteiger charge is 2.05. The fraction of sp³-hybridized carbons (Fsp3) is 0.348. The van der Waals surface area contributed by atoms with E-state index < -0.39 is 0 Å². The van der Waals surface area contributed by atoms with Gasteiger partial charge in [-0.25, -0.2) is 0 Å². The Bertz CT molecular complexity index is 712. The molecular weight excluding hydrogens is 354 g/mol. The molecule has 27 heavy (non-hydrogen) atoms. The number of halogens is 1. The molecule has 0 aliphatic heterocycles. The second kappa shape index (κ2) is 11.5. The zero-order chi connectivity index (χ0) is 19.5. The van der Waals surface area contributed by atoms with Crippen LogP contribution in [0.2, 0.25) is 5.02 Å². The van der Waals surface area contributed by atoms with E-state index in [-0.39, 0.29) is 0 Å². The third-order valence-corrected chi connectivity index (χ3v) is 4.64. The lowest BCUT2D eigenvalue weighted by molar-refractivity contribution is 0.678. The molecule has 0 heterocycles. The van der Waals surface area contributed by atoms with E-state index in [2.05, 4.69) is 48.3 Å². The number of hydrogen-bond donors (Lipinski definition) is 2. The highest BCUT2D eigenvalue weighted by Crippen LogP contribution is 2.18. The van der Waals surface area contributed by atoms with Crippen molar-refractivity contribution >= 4 is 34.9 Å². The minimum absolute atomic E-state index is 0.342. The third kappa shape index (κ3) is 7.48. The Balaban J connectivity index is 1.95. The Morgan fingerprint density at radius 3 is 2.11 bits per heavy atom. The minimum atomic E-state index is 0.342. The molecule has 2 aromatic rings. The fourth-order valence-electron chi connectivity index (χ4n) is 2.77. The lowest BCUT2D eigenvalue weighted by Crippen LogP contribution is -2.25. The van der Waals surface area contributed by atoms with Crippen molar-refractivity contribution in [1.82, 2.24) is 0 Å². The van der Waals surface area contributed by atoms with Crippen LogP contribution in [0.5, 0.6) is 0 Å². The third-order valence-electron chi connectivity index (χ3n) is 4.39. The molecular formula is C23H30ClN3. The molecule has 4 heteroatoms. The van der Waals surface area contributed by atoms with Gasteiger partial charge in [-0.15, -0.1) is 0 Å². The predicted octanol–water partition coefficient (Wildman–Crippen LogP) is 6.85. The van der Waals surface area contributed by atoms with Gasteiger partial charge in [0.15, 0.2) is 0 Å². The summed E-state index contributed by atoms with van der Waals surface area (Å²) >= 11 is 5.88. The van der Waals surface area contributed by atoms with Gasteiger partial charge in [-0.05, 0) is 60.9 Å². The molecule has 0 unspecified atom stereocenters. The predicted molar refractivity (Wildman–Crippen MR) is 120 cm³/mol.